The van der Waals surface area contributed by atoms with Gasteiger partial charge in [0, 0.05) is 5.56 Å². The Labute approximate surface area is 110 Å². The summed E-state index contributed by atoms with van der Waals surface area (Å²) in [5, 5.41) is 3.06. The molecule has 2 bridgehead atoms. The molecule has 100 valence electrons. The molecule has 1 aromatic carbocycles. The first-order valence-corrected chi connectivity index (χ1v) is 6.65. The summed E-state index contributed by atoms with van der Waals surface area (Å²) in [5.74, 6) is 1.26. The summed E-state index contributed by atoms with van der Waals surface area (Å²) in [5.41, 5.74) is 0.604. The summed E-state index contributed by atoms with van der Waals surface area (Å²) in [4.78, 5) is 12.2. The molecular formula is C14H15NO4. The molecule has 3 atom stereocenters. The molecule has 3 aliphatic rings. The highest BCUT2D eigenvalue weighted by Crippen LogP contribution is 2.35. The summed E-state index contributed by atoms with van der Waals surface area (Å²) in [6.45, 7) is 0.223. The standard InChI is InChI=1S/C14H15NO4/c16-14(15-10-6-9-2-4-11(10)19-9)8-1-3-12-13(5-8)18-7-17-12/h1,3,5,9-11H,2,4,6-7H2,(H,15,16)/t9-,10-,11+/m1/s1. The molecule has 1 N–H and O–H groups in total. The molecule has 0 aliphatic carbocycles. The van der Waals surface area contributed by atoms with Crippen LogP contribution in [0.5, 0.6) is 11.5 Å². The Balaban J connectivity index is 1.48. The van der Waals surface area contributed by atoms with Gasteiger partial charge in [0.1, 0.15) is 0 Å². The largest absolute Gasteiger partial charge is 0.454 e. The van der Waals surface area contributed by atoms with Crippen molar-refractivity contribution < 1.29 is 19.0 Å². The lowest BCUT2D eigenvalue weighted by Gasteiger charge is -2.20. The van der Waals surface area contributed by atoms with E-state index >= 15 is 0 Å². The lowest BCUT2D eigenvalue weighted by Crippen LogP contribution is -2.41. The zero-order chi connectivity index (χ0) is 12.8. The van der Waals surface area contributed by atoms with E-state index in [1.54, 1.807) is 18.2 Å². The van der Waals surface area contributed by atoms with E-state index in [0.717, 1.165) is 19.3 Å². The maximum atomic E-state index is 12.2. The zero-order valence-electron chi connectivity index (χ0n) is 10.4. The van der Waals surface area contributed by atoms with Crippen LogP contribution < -0.4 is 14.8 Å². The van der Waals surface area contributed by atoms with Gasteiger partial charge >= 0.3 is 0 Å². The van der Waals surface area contributed by atoms with E-state index in [9.17, 15) is 4.79 Å². The van der Waals surface area contributed by atoms with Crippen LogP contribution in [0, 0.1) is 0 Å². The normalized spacial score (nSPS) is 30.6. The second kappa shape index (κ2) is 4.13. The minimum atomic E-state index is -0.0700. The molecule has 2 saturated heterocycles. The fourth-order valence-electron chi connectivity index (χ4n) is 3.08. The second-order valence-electron chi connectivity index (χ2n) is 5.26. The summed E-state index contributed by atoms with van der Waals surface area (Å²) in [6, 6.07) is 5.41. The van der Waals surface area contributed by atoms with Gasteiger partial charge in [0.15, 0.2) is 11.5 Å². The van der Waals surface area contributed by atoms with E-state index in [-0.39, 0.29) is 24.8 Å². The maximum Gasteiger partial charge on any atom is 0.251 e. The van der Waals surface area contributed by atoms with Gasteiger partial charge in [-0.3, -0.25) is 4.79 Å². The van der Waals surface area contributed by atoms with Gasteiger partial charge in [-0.2, -0.15) is 0 Å². The highest BCUT2D eigenvalue weighted by molar-refractivity contribution is 5.95. The first kappa shape index (κ1) is 11.1. The van der Waals surface area contributed by atoms with Gasteiger partial charge < -0.3 is 19.5 Å². The van der Waals surface area contributed by atoms with Crippen molar-refractivity contribution in [2.75, 3.05) is 6.79 Å². The van der Waals surface area contributed by atoms with Crippen LogP contribution in [-0.2, 0) is 4.74 Å². The number of carbonyl (C=O) groups excluding carboxylic acids is 1. The molecule has 1 aromatic rings. The van der Waals surface area contributed by atoms with Crippen molar-refractivity contribution in [1.29, 1.82) is 0 Å². The SMILES string of the molecule is O=C(N[C@@H]1C[C@H]2CC[C@@H]1O2)c1ccc2c(c1)OCO2. The fourth-order valence-corrected chi connectivity index (χ4v) is 3.08. The van der Waals surface area contributed by atoms with E-state index in [4.69, 9.17) is 14.2 Å². The summed E-state index contributed by atoms with van der Waals surface area (Å²) in [7, 11) is 0. The Morgan fingerprint density at radius 2 is 2.11 bits per heavy atom. The van der Waals surface area contributed by atoms with Crippen molar-refractivity contribution in [3.63, 3.8) is 0 Å². The van der Waals surface area contributed by atoms with Crippen LogP contribution in [-0.4, -0.2) is 30.9 Å². The van der Waals surface area contributed by atoms with Gasteiger partial charge in [0.2, 0.25) is 6.79 Å². The quantitative estimate of drug-likeness (QED) is 0.875. The van der Waals surface area contributed by atoms with Crippen LogP contribution in [0.4, 0.5) is 0 Å². The number of nitrogens with one attached hydrogen (secondary N) is 1. The lowest BCUT2D eigenvalue weighted by molar-refractivity contribution is 0.0840. The van der Waals surface area contributed by atoms with Crippen LogP contribution in [0.15, 0.2) is 18.2 Å². The highest BCUT2D eigenvalue weighted by atomic mass is 16.7. The molecule has 5 nitrogen and oxygen atoms in total. The molecule has 5 heteroatoms. The highest BCUT2D eigenvalue weighted by Gasteiger charge is 2.41. The van der Waals surface area contributed by atoms with Crippen molar-refractivity contribution in [3.05, 3.63) is 23.8 Å². The first-order valence-electron chi connectivity index (χ1n) is 6.65. The molecule has 1 amide bonds. The molecule has 0 unspecified atom stereocenters. The Hall–Kier alpha value is -1.75. The molecular weight excluding hydrogens is 246 g/mol. The minimum Gasteiger partial charge on any atom is -0.454 e. The third-order valence-electron chi connectivity index (χ3n) is 4.06. The van der Waals surface area contributed by atoms with Crippen LogP contribution in [0.3, 0.4) is 0 Å². The molecule has 0 spiro atoms. The topological polar surface area (TPSA) is 56.8 Å². The van der Waals surface area contributed by atoms with Crippen molar-refractivity contribution in [2.24, 2.45) is 0 Å². The Bertz CT molecular complexity index is 530. The summed E-state index contributed by atoms with van der Waals surface area (Å²) < 4.78 is 16.3. The molecule has 0 radical (unpaired) electrons. The number of carbonyl (C=O) groups is 1. The minimum absolute atomic E-state index is 0.0700. The number of ether oxygens (including phenoxy) is 3. The van der Waals surface area contributed by atoms with Gasteiger partial charge in [-0.05, 0) is 37.5 Å². The van der Waals surface area contributed by atoms with Crippen molar-refractivity contribution in [1.82, 2.24) is 5.32 Å². The predicted molar refractivity (Wildman–Crippen MR) is 66.3 cm³/mol. The number of amides is 1. The number of hydrogen-bond acceptors (Lipinski definition) is 4. The molecule has 2 fully saturated rings. The average Bonchev–Trinajstić information content (AvgIpc) is 3.13. The van der Waals surface area contributed by atoms with Gasteiger partial charge in [0.05, 0.1) is 18.2 Å². The van der Waals surface area contributed by atoms with E-state index in [1.807, 2.05) is 0 Å². The number of hydrogen-bond donors (Lipinski definition) is 1. The molecule has 4 rings (SSSR count). The smallest absolute Gasteiger partial charge is 0.251 e. The van der Waals surface area contributed by atoms with Crippen LogP contribution in [0.2, 0.25) is 0 Å². The molecule has 19 heavy (non-hydrogen) atoms. The van der Waals surface area contributed by atoms with Crippen molar-refractivity contribution >= 4 is 5.91 Å². The Morgan fingerprint density at radius 3 is 2.89 bits per heavy atom. The van der Waals surface area contributed by atoms with E-state index in [1.165, 1.54) is 0 Å². The van der Waals surface area contributed by atoms with Crippen LogP contribution in [0.1, 0.15) is 29.6 Å². The average molecular weight is 261 g/mol. The summed E-state index contributed by atoms with van der Waals surface area (Å²) in [6.07, 6.45) is 3.65. The molecule has 0 aromatic heterocycles. The first-order chi connectivity index (χ1) is 9.29. The van der Waals surface area contributed by atoms with E-state index in [2.05, 4.69) is 5.32 Å². The van der Waals surface area contributed by atoms with Gasteiger partial charge in [-0.1, -0.05) is 0 Å². The number of rotatable bonds is 2. The molecule has 3 heterocycles. The van der Waals surface area contributed by atoms with Gasteiger partial charge in [-0.15, -0.1) is 0 Å². The Kier molecular flexibility index (Phi) is 2.41. The zero-order valence-corrected chi connectivity index (χ0v) is 10.4. The van der Waals surface area contributed by atoms with E-state index in [0.29, 0.717) is 23.2 Å². The molecule has 3 aliphatic heterocycles. The lowest BCUT2D eigenvalue weighted by atomic mass is 9.95. The third kappa shape index (κ3) is 1.85. The fraction of sp³-hybridized carbons (Fsp3) is 0.500. The van der Waals surface area contributed by atoms with Gasteiger partial charge in [-0.25, -0.2) is 0 Å². The maximum absolute atomic E-state index is 12.2. The second-order valence-corrected chi connectivity index (χ2v) is 5.26. The number of fused-ring (bicyclic) bond motifs is 3. The van der Waals surface area contributed by atoms with Crippen molar-refractivity contribution in [2.45, 2.75) is 37.5 Å². The third-order valence-corrected chi connectivity index (χ3v) is 4.06. The summed E-state index contributed by atoms with van der Waals surface area (Å²) >= 11 is 0. The van der Waals surface area contributed by atoms with Crippen molar-refractivity contribution in [3.8, 4) is 11.5 Å². The number of benzene rings is 1. The van der Waals surface area contributed by atoms with Crippen LogP contribution in [0.25, 0.3) is 0 Å². The van der Waals surface area contributed by atoms with Gasteiger partial charge in [0.25, 0.3) is 5.91 Å². The monoisotopic (exact) mass is 261 g/mol. The van der Waals surface area contributed by atoms with E-state index < -0.39 is 0 Å². The van der Waals surface area contributed by atoms with Crippen LogP contribution >= 0.6 is 0 Å². The Morgan fingerprint density at radius 1 is 1.21 bits per heavy atom. The molecule has 0 saturated carbocycles. The predicted octanol–water partition coefficient (Wildman–Crippen LogP) is 1.46.